The Balaban J connectivity index is 2.01. The monoisotopic (exact) mass is 623 g/mol. The normalized spacial score (nSPS) is 27.1. The quantitative estimate of drug-likeness (QED) is 0.210. The number of ketones is 2. The molecule has 1 aromatic carbocycles. The number of likely N-dealkylation sites (N-methyl/N-ethyl adjacent to an activating group) is 1. The molecule has 37 heavy (non-hydrogen) atoms. The molecule has 1 aromatic rings. The molecule has 3 aliphatic carbocycles. The number of aliphatic hydroxyl groups is 3. The van der Waals surface area contributed by atoms with Crippen LogP contribution in [0.1, 0.15) is 17.5 Å². The van der Waals surface area contributed by atoms with Crippen LogP contribution in [-0.4, -0.2) is 84.1 Å². The molecule has 3 aliphatic rings. The molecule has 4 rings (SSSR count). The first-order chi connectivity index (χ1) is 17.3. The average molecular weight is 623 g/mol. The fraction of sp³-hybridized carbons (Fsp3) is 0.423. The van der Waals surface area contributed by atoms with Gasteiger partial charge in [0.1, 0.15) is 29.4 Å². The van der Waals surface area contributed by atoms with Gasteiger partial charge in [0.25, 0.3) is 5.91 Å². The number of ether oxygens (including phenoxy) is 1. The highest BCUT2D eigenvalue weighted by Gasteiger charge is 2.64. The number of rotatable bonds is 6. The summed E-state index contributed by atoms with van der Waals surface area (Å²) >= 11 is 2.09. The maximum atomic E-state index is 14.0. The van der Waals surface area contributed by atoms with Crippen molar-refractivity contribution in [2.75, 3.05) is 39.7 Å². The number of hydrogen-bond donors (Lipinski definition) is 4. The molecule has 1 saturated carbocycles. The highest BCUT2D eigenvalue weighted by molar-refractivity contribution is 14.1. The lowest BCUT2D eigenvalue weighted by Gasteiger charge is -2.50. The summed E-state index contributed by atoms with van der Waals surface area (Å²) in [6, 6.07) is 0.839. The summed E-state index contributed by atoms with van der Waals surface area (Å²) in [5.74, 6) is -5.66. The lowest BCUT2D eigenvalue weighted by Crippen LogP contribution is -2.65. The van der Waals surface area contributed by atoms with Gasteiger partial charge in [0.15, 0.2) is 11.4 Å². The van der Waals surface area contributed by atoms with Crippen LogP contribution in [0.15, 0.2) is 35.6 Å². The van der Waals surface area contributed by atoms with E-state index in [0.29, 0.717) is 21.3 Å². The van der Waals surface area contributed by atoms with Gasteiger partial charge in [-0.05, 0) is 67.1 Å². The van der Waals surface area contributed by atoms with E-state index in [1.54, 1.807) is 20.2 Å². The van der Waals surface area contributed by atoms with E-state index in [-0.39, 0.29) is 24.4 Å². The first-order valence-electron chi connectivity index (χ1n) is 11.7. The maximum Gasteiger partial charge on any atom is 0.255 e. The Hall–Kier alpha value is -2.90. The zero-order valence-electron chi connectivity index (χ0n) is 21.0. The Morgan fingerprint density at radius 3 is 2.49 bits per heavy atom. The van der Waals surface area contributed by atoms with Crippen LogP contribution in [-0.2, 0) is 20.8 Å². The Kier molecular flexibility index (Phi) is 6.93. The SMILES string of the molecule is C=CCOc1c(I)cc(N(C)C)c2c1C(O)=C1C(=O)[C@]3(O)C(O)=C(C(N)=O)C(=O)[C@@H](N(C)C)C3CC1C2. The number of fused-ring (bicyclic) bond motifs is 3. The summed E-state index contributed by atoms with van der Waals surface area (Å²) in [6.07, 6.45) is 1.97. The molecule has 0 bridgehead atoms. The molecule has 0 radical (unpaired) electrons. The van der Waals surface area contributed by atoms with E-state index in [2.05, 4.69) is 29.2 Å². The average Bonchev–Trinajstić information content (AvgIpc) is 2.80. The zero-order chi connectivity index (χ0) is 27.6. The molecular weight excluding hydrogens is 593 g/mol. The van der Waals surface area contributed by atoms with Gasteiger partial charge in [-0.3, -0.25) is 19.3 Å². The summed E-state index contributed by atoms with van der Waals surface area (Å²) < 4.78 is 6.58. The van der Waals surface area contributed by atoms with Crippen LogP contribution in [0, 0.1) is 15.4 Å². The van der Waals surface area contributed by atoms with Gasteiger partial charge in [0, 0.05) is 31.3 Å². The molecule has 0 aliphatic heterocycles. The maximum absolute atomic E-state index is 14.0. The van der Waals surface area contributed by atoms with Crippen molar-refractivity contribution in [1.82, 2.24) is 4.90 Å². The van der Waals surface area contributed by atoms with Crippen LogP contribution in [0.3, 0.4) is 0 Å². The van der Waals surface area contributed by atoms with Crippen molar-refractivity contribution >= 4 is 51.5 Å². The molecule has 4 atom stereocenters. The number of halogens is 1. The second kappa shape index (κ2) is 9.44. The van der Waals surface area contributed by atoms with E-state index in [9.17, 15) is 29.7 Å². The van der Waals surface area contributed by atoms with E-state index in [1.165, 1.54) is 4.90 Å². The first kappa shape index (κ1) is 27.1. The molecule has 0 spiro atoms. The molecule has 198 valence electrons. The molecular formula is C26H30IN3O7. The standard InChI is InChI=1S/C26H30IN3O7/c1-6-7-37-22-14(27)10-15(29(2)3)12-8-11-9-13-19(30(4)5)21(32)18(25(28)35)24(34)26(13,36)23(33)16(11)20(31)17(12)22/h6,10-11,13,19,31,34,36H,1,7-9H2,2-5H3,(H2,28,35)/t11?,13?,19-,26-/m0/s1. The van der Waals surface area contributed by atoms with E-state index in [0.717, 1.165) is 11.3 Å². The van der Waals surface area contributed by atoms with Crippen LogP contribution in [0.4, 0.5) is 5.69 Å². The summed E-state index contributed by atoms with van der Waals surface area (Å²) in [6.45, 7) is 3.83. The largest absolute Gasteiger partial charge is 0.508 e. The molecule has 1 fully saturated rings. The molecule has 0 saturated heterocycles. The lowest BCUT2D eigenvalue weighted by molar-refractivity contribution is -0.153. The number of benzene rings is 1. The predicted octanol–water partition coefficient (Wildman–Crippen LogP) is 1.49. The number of hydrogen-bond acceptors (Lipinski definition) is 9. The Labute approximate surface area is 228 Å². The number of nitrogens with zero attached hydrogens (tertiary/aromatic N) is 2. The van der Waals surface area contributed by atoms with Crippen LogP contribution in [0.25, 0.3) is 5.76 Å². The van der Waals surface area contributed by atoms with Gasteiger partial charge < -0.3 is 30.7 Å². The van der Waals surface area contributed by atoms with Crippen molar-refractivity contribution in [3.05, 3.63) is 50.3 Å². The first-order valence-corrected chi connectivity index (χ1v) is 12.8. The highest BCUT2D eigenvalue weighted by Crippen LogP contribution is 2.54. The lowest BCUT2D eigenvalue weighted by atomic mass is 9.57. The number of nitrogens with two attached hydrogens (primary N) is 1. The van der Waals surface area contributed by atoms with Crippen molar-refractivity contribution in [3.63, 3.8) is 0 Å². The highest BCUT2D eigenvalue weighted by atomic mass is 127. The van der Waals surface area contributed by atoms with Crippen molar-refractivity contribution in [3.8, 4) is 5.75 Å². The molecule has 0 heterocycles. The van der Waals surface area contributed by atoms with Gasteiger partial charge in [-0.1, -0.05) is 12.7 Å². The third-order valence-corrected chi connectivity index (χ3v) is 8.26. The Morgan fingerprint density at radius 1 is 1.30 bits per heavy atom. The second-order valence-corrected chi connectivity index (χ2v) is 11.2. The summed E-state index contributed by atoms with van der Waals surface area (Å²) in [7, 11) is 6.91. The fourth-order valence-electron chi connectivity index (χ4n) is 5.93. The molecule has 2 unspecified atom stereocenters. The number of carbonyl (C=O) groups is 3. The topological polar surface area (TPSA) is 154 Å². The Morgan fingerprint density at radius 2 is 1.95 bits per heavy atom. The fourth-order valence-corrected chi connectivity index (χ4v) is 6.65. The third-order valence-electron chi connectivity index (χ3n) is 7.46. The summed E-state index contributed by atoms with van der Waals surface area (Å²) in [5, 5.41) is 34.3. The molecule has 10 nitrogen and oxygen atoms in total. The summed E-state index contributed by atoms with van der Waals surface area (Å²) in [4.78, 5) is 42.7. The van der Waals surface area contributed by atoms with Gasteiger partial charge in [0.2, 0.25) is 5.78 Å². The number of aliphatic hydroxyl groups excluding tert-OH is 2. The second-order valence-electron chi connectivity index (χ2n) is 10.0. The van der Waals surface area contributed by atoms with Crippen molar-refractivity contribution in [2.24, 2.45) is 17.6 Å². The van der Waals surface area contributed by atoms with Crippen LogP contribution < -0.4 is 15.4 Å². The molecule has 11 heteroatoms. The predicted molar refractivity (Wildman–Crippen MR) is 145 cm³/mol. The van der Waals surface area contributed by atoms with Gasteiger partial charge in [-0.25, -0.2) is 0 Å². The third kappa shape index (κ3) is 3.86. The van der Waals surface area contributed by atoms with Crippen LogP contribution in [0.5, 0.6) is 5.75 Å². The molecule has 5 N–H and O–H groups in total. The smallest absolute Gasteiger partial charge is 0.255 e. The van der Waals surface area contributed by atoms with Gasteiger partial charge in [-0.2, -0.15) is 0 Å². The summed E-state index contributed by atoms with van der Waals surface area (Å²) in [5.41, 5.74) is 3.79. The number of primary amides is 1. The number of Topliss-reactive ketones (excluding diaryl/α,β-unsaturated/α-hetero) is 2. The van der Waals surface area contributed by atoms with Crippen molar-refractivity contribution in [1.29, 1.82) is 0 Å². The molecule has 0 aromatic heterocycles. The van der Waals surface area contributed by atoms with E-state index >= 15 is 0 Å². The minimum Gasteiger partial charge on any atom is -0.508 e. The molecule has 1 amide bonds. The van der Waals surface area contributed by atoms with Crippen molar-refractivity contribution in [2.45, 2.75) is 24.5 Å². The van der Waals surface area contributed by atoms with Crippen LogP contribution in [0.2, 0.25) is 0 Å². The van der Waals surface area contributed by atoms with Crippen LogP contribution >= 0.6 is 22.6 Å². The van der Waals surface area contributed by atoms with Gasteiger partial charge in [-0.15, -0.1) is 0 Å². The minimum atomic E-state index is -2.61. The Bertz CT molecular complexity index is 1300. The number of carbonyl (C=O) groups excluding carboxylic acids is 3. The van der Waals surface area contributed by atoms with Gasteiger partial charge >= 0.3 is 0 Å². The van der Waals surface area contributed by atoms with E-state index in [4.69, 9.17) is 10.5 Å². The number of anilines is 1. The van der Waals surface area contributed by atoms with E-state index in [1.807, 2.05) is 25.1 Å². The van der Waals surface area contributed by atoms with Gasteiger partial charge in [0.05, 0.1) is 15.2 Å². The zero-order valence-corrected chi connectivity index (χ0v) is 23.2. The minimum absolute atomic E-state index is 0.0800. The van der Waals surface area contributed by atoms with Crippen molar-refractivity contribution < 1.29 is 34.4 Å². The van der Waals surface area contributed by atoms with E-state index < -0.39 is 52.3 Å². The number of amides is 1.